The molecule has 1 aliphatic carbocycles. The molecule has 1 aromatic carbocycles. The van der Waals surface area contributed by atoms with Crippen LogP contribution in [0.5, 0.6) is 0 Å². The van der Waals surface area contributed by atoms with Crippen LogP contribution in [0.25, 0.3) is 0 Å². The highest BCUT2D eigenvalue weighted by Crippen LogP contribution is 2.63. The Labute approximate surface area is 97.8 Å². The van der Waals surface area contributed by atoms with Gasteiger partial charge in [0.25, 0.3) is 5.92 Å². The molecule has 0 saturated heterocycles. The topological polar surface area (TPSA) is 37.3 Å². The molecule has 0 bridgehead atoms. The van der Waals surface area contributed by atoms with Crippen LogP contribution in [0.15, 0.2) is 12.1 Å². The maximum atomic E-state index is 13.1. The minimum absolute atomic E-state index is 0.409. The molecule has 0 heterocycles. The molecule has 1 unspecified atom stereocenters. The minimum Gasteiger partial charge on any atom is -0.480 e. The van der Waals surface area contributed by atoms with Crippen molar-refractivity contribution >= 4 is 17.6 Å². The van der Waals surface area contributed by atoms with Crippen LogP contribution in [0.4, 0.5) is 17.6 Å². The average molecular weight is 269 g/mol. The van der Waals surface area contributed by atoms with Crippen molar-refractivity contribution in [2.75, 3.05) is 0 Å². The second-order valence-corrected chi connectivity index (χ2v) is 4.25. The molecule has 1 aromatic rings. The lowest BCUT2D eigenvalue weighted by molar-refractivity contribution is -0.142. The number of alkyl halides is 2. The fourth-order valence-electron chi connectivity index (χ4n) is 1.78. The smallest absolute Gasteiger partial charge is 0.320 e. The third-order valence-corrected chi connectivity index (χ3v) is 3.13. The van der Waals surface area contributed by atoms with Gasteiger partial charge in [0.15, 0.2) is 17.0 Å². The third kappa shape index (κ3) is 1.50. The van der Waals surface area contributed by atoms with Crippen LogP contribution in [0.1, 0.15) is 12.0 Å². The Morgan fingerprint density at radius 2 is 1.76 bits per heavy atom. The molecule has 1 N–H and O–H groups in total. The van der Waals surface area contributed by atoms with E-state index in [4.69, 9.17) is 16.7 Å². The molecule has 17 heavy (non-hydrogen) atoms. The van der Waals surface area contributed by atoms with Gasteiger partial charge in [-0.15, -0.1) is 0 Å². The summed E-state index contributed by atoms with van der Waals surface area (Å²) in [7, 11) is 0. The van der Waals surface area contributed by atoms with Crippen LogP contribution >= 0.6 is 11.6 Å². The predicted molar refractivity (Wildman–Crippen MR) is 50.2 cm³/mol. The van der Waals surface area contributed by atoms with Gasteiger partial charge in [-0.05, 0) is 17.7 Å². The SMILES string of the molecule is O=C(O)C1(c2cc(F)c(F)cc2Cl)CC1(F)F. The van der Waals surface area contributed by atoms with Gasteiger partial charge >= 0.3 is 5.97 Å². The van der Waals surface area contributed by atoms with Crippen molar-refractivity contribution in [1.82, 2.24) is 0 Å². The standard InChI is InChI=1S/C10H5ClF4O2/c11-5-2-7(13)6(12)1-4(5)9(8(16)17)3-10(9,14)15/h1-2H,3H2,(H,16,17). The van der Waals surface area contributed by atoms with Crippen molar-refractivity contribution < 1.29 is 27.5 Å². The van der Waals surface area contributed by atoms with Crippen molar-refractivity contribution in [3.05, 3.63) is 34.4 Å². The number of hydrogen-bond acceptors (Lipinski definition) is 1. The van der Waals surface area contributed by atoms with Crippen LogP contribution in [0.3, 0.4) is 0 Å². The van der Waals surface area contributed by atoms with E-state index in [0.29, 0.717) is 12.1 Å². The second kappa shape index (κ2) is 3.35. The molecule has 0 spiro atoms. The molecule has 1 fully saturated rings. The van der Waals surface area contributed by atoms with Crippen LogP contribution < -0.4 is 0 Å². The fraction of sp³-hybridized carbons (Fsp3) is 0.300. The summed E-state index contributed by atoms with van der Waals surface area (Å²) in [4.78, 5) is 10.9. The van der Waals surface area contributed by atoms with Gasteiger partial charge in [0.2, 0.25) is 0 Å². The van der Waals surface area contributed by atoms with Gasteiger partial charge in [-0.25, -0.2) is 17.6 Å². The van der Waals surface area contributed by atoms with E-state index in [-0.39, 0.29) is 0 Å². The first kappa shape index (κ1) is 12.2. The number of carboxylic acids is 1. The normalized spacial score (nSPS) is 25.7. The summed E-state index contributed by atoms with van der Waals surface area (Å²) in [5.41, 5.74) is -3.14. The van der Waals surface area contributed by atoms with E-state index >= 15 is 0 Å². The Kier molecular flexibility index (Phi) is 2.40. The zero-order valence-electron chi connectivity index (χ0n) is 8.11. The van der Waals surface area contributed by atoms with Crippen LogP contribution in [-0.2, 0) is 10.2 Å². The van der Waals surface area contributed by atoms with Gasteiger partial charge in [-0.2, -0.15) is 0 Å². The number of carbonyl (C=O) groups is 1. The summed E-state index contributed by atoms with van der Waals surface area (Å²) in [6, 6.07) is 0.901. The van der Waals surface area contributed by atoms with Gasteiger partial charge in [0.1, 0.15) is 0 Å². The average Bonchev–Trinajstić information content (AvgIpc) is 2.77. The summed E-state index contributed by atoms with van der Waals surface area (Å²) in [6.45, 7) is 0. The Bertz CT molecular complexity index is 517. The highest BCUT2D eigenvalue weighted by atomic mass is 35.5. The molecule has 1 saturated carbocycles. The summed E-state index contributed by atoms with van der Waals surface area (Å²) in [5, 5.41) is 8.30. The third-order valence-electron chi connectivity index (χ3n) is 2.82. The maximum Gasteiger partial charge on any atom is 0.320 e. The van der Waals surface area contributed by atoms with Gasteiger partial charge in [-0.1, -0.05) is 11.6 Å². The lowest BCUT2D eigenvalue weighted by atomic mass is 9.95. The van der Waals surface area contributed by atoms with Gasteiger partial charge in [-0.3, -0.25) is 4.79 Å². The zero-order chi connectivity index (χ0) is 13.0. The van der Waals surface area contributed by atoms with Gasteiger partial charge < -0.3 is 5.11 Å². The molecule has 0 aromatic heterocycles. The van der Waals surface area contributed by atoms with Crippen LogP contribution in [0, 0.1) is 11.6 Å². The molecule has 92 valence electrons. The quantitative estimate of drug-likeness (QED) is 0.661. The lowest BCUT2D eigenvalue weighted by Crippen LogP contribution is -2.27. The summed E-state index contributed by atoms with van der Waals surface area (Å²) < 4.78 is 52.0. The molecule has 0 amide bonds. The lowest BCUT2D eigenvalue weighted by Gasteiger charge is -2.13. The number of benzene rings is 1. The first-order valence-corrected chi connectivity index (χ1v) is 4.86. The Morgan fingerprint density at radius 1 is 1.29 bits per heavy atom. The minimum atomic E-state index is -3.51. The Balaban J connectivity index is 2.62. The van der Waals surface area contributed by atoms with Crippen molar-refractivity contribution in [3.8, 4) is 0 Å². The van der Waals surface area contributed by atoms with E-state index in [0.717, 1.165) is 0 Å². The molecular weight excluding hydrogens is 264 g/mol. The summed E-state index contributed by atoms with van der Waals surface area (Å²) in [5.74, 6) is -8.04. The monoisotopic (exact) mass is 268 g/mol. The largest absolute Gasteiger partial charge is 0.480 e. The number of aliphatic carboxylic acids is 1. The van der Waals surface area contributed by atoms with E-state index in [9.17, 15) is 22.4 Å². The van der Waals surface area contributed by atoms with E-state index in [1.165, 1.54) is 0 Å². The summed E-state index contributed by atoms with van der Waals surface area (Å²) >= 11 is 5.49. The molecule has 1 aliphatic rings. The number of rotatable bonds is 2. The summed E-state index contributed by atoms with van der Waals surface area (Å²) in [6.07, 6.45) is -0.972. The fourth-order valence-corrected chi connectivity index (χ4v) is 2.09. The maximum absolute atomic E-state index is 13.1. The molecule has 2 nitrogen and oxygen atoms in total. The van der Waals surface area contributed by atoms with Crippen molar-refractivity contribution in [2.24, 2.45) is 0 Å². The zero-order valence-corrected chi connectivity index (χ0v) is 8.86. The molecule has 0 radical (unpaired) electrons. The van der Waals surface area contributed by atoms with E-state index < -0.39 is 45.9 Å². The van der Waals surface area contributed by atoms with E-state index in [1.54, 1.807) is 0 Å². The van der Waals surface area contributed by atoms with Crippen molar-refractivity contribution in [1.29, 1.82) is 0 Å². The van der Waals surface area contributed by atoms with Crippen molar-refractivity contribution in [3.63, 3.8) is 0 Å². The van der Waals surface area contributed by atoms with Crippen LogP contribution in [0.2, 0.25) is 5.02 Å². The predicted octanol–water partition coefficient (Wildman–Crippen LogP) is 2.98. The Hall–Kier alpha value is -1.30. The van der Waals surface area contributed by atoms with Crippen molar-refractivity contribution in [2.45, 2.75) is 17.8 Å². The highest BCUT2D eigenvalue weighted by molar-refractivity contribution is 6.32. The molecule has 2 rings (SSSR count). The number of carboxylic acid groups (broad SMARTS) is 1. The van der Waals surface area contributed by atoms with Gasteiger partial charge in [0, 0.05) is 11.4 Å². The van der Waals surface area contributed by atoms with E-state index in [1.807, 2.05) is 0 Å². The first-order valence-electron chi connectivity index (χ1n) is 4.48. The molecule has 1 atom stereocenters. The Morgan fingerprint density at radius 3 is 2.18 bits per heavy atom. The first-order chi connectivity index (χ1) is 7.72. The number of halogens is 5. The molecular formula is C10H5ClF4O2. The molecule has 7 heteroatoms. The number of hydrogen-bond donors (Lipinski definition) is 1. The van der Waals surface area contributed by atoms with Crippen LogP contribution in [-0.4, -0.2) is 17.0 Å². The second-order valence-electron chi connectivity index (χ2n) is 3.84. The highest BCUT2D eigenvalue weighted by Gasteiger charge is 2.78. The molecule has 0 aliphatic heterocycles. The van der Waals surface area contributed by atoms with Gasteiger partial charge in [0.05, 0.1) is 0 Å². The van der Waals surface area contributed by atoms with E-state index in [2.05, 4.69) is 0 Å².